The van der Waals surface area contributed by atoms with Gasteiger partial charge in [0.05, 0.1) is 40.3 Å². The Morgan fingerprint density at radius 2 is 1.08 bits per heavy atom. The quantitative estimate of drug-likeness (QED) is 0.0991. The molecule has 65 heavy (non-hydrogen) atoms. The molecule has 6 rings (SSSR count). The fourth-order valence-corrected chi connectivity index (χ4v) is 8.36. The monoisotopic (exact) mass is 936 g/mol. The van der Waals surface area contributed by atoms with Crippen molar-refractivity contribution in [2.75, 3.05) is 67.8 Å². The van der Waals surface area contributed by atoms with Gasteiger partial charge in [-0.15, -0.1) is 0 Å². The SMILES string of the molecule is C.C.COCCC(=O)N1CCC(c2ccc(OC)cc2)[C@H](CC(=O)Cc2ccc(Cl)cc2)C1.COCCC(=O)O.COc1ccc(C2CCNC[C@H]2CC(=O)Cc2ccc(Cl)cc2)cc1. The van der Waals surface area contributed by atoms with E-state index in [4.69, 9.17) is 42.5 Å². The third kappa shape index (κ3) is 19.7. The number of likely N-dealkylation sites (tertiary alicyclic amines) is 1. The van der Waals surface area contributed by atoms with Crippen LogP contribution in [-0.4, -0.2) is 101 Å². The molecule has 0 spiro atoms. The fraction of sp³-hybridized carbons (Fsp3) is 0.462. The predicted molar refractivity (Wildman–Crippen MR) is 261 cm³/mol. The number of rotatable bonds is 18. The van der Waals surface area contributed by atoms with Crippen LogP contribution in [0.5, 0.6) is 11.5 Å². The first-order valence-electron chi connectivity index (χ1n) is 21.4. The molecule has 11 nitrogen and oxygen atoms in total. The zero-order chi connectivity index (χ0) is 45.6. The van der Waals surface area contributed by atoms with Crippen LogP contribution in [0.4, 0.5) is 0 Å². The van der Waals surface area contributed by atoms with E-state index in [1.165, 1.54) is 18.2 Å². The highest BCUT2D eigenvalue weighted by molar-refractivity contribution is 6.30. The van der Waals surface area contributed by atoms with Gasteiger partial charge in [0.1, 0.15) is 23.1 Å². The topological polar surface area (TPSA) is 141 Å². The average molecular weight is 938 g/mol. The van der Waals surface area contributed by atoms with E-state index < -0.39 is 5.97 Å². The van der Waals surface area contributed by atoms with Gasteiger partial charge in [0.2, 0.25) is 5.91 Å². The third-order valence-electron chi connectivity index (χ3n) is 11.4. The Balaban J connectivity index is 0.000000385. The summed E-state index contributed by atoms with van der Waals surface area (Å²) in [5.41, 5.74) is 4.47. The number of carboxylic acid groups (broad SMARTS) is 1. The Morgan fingerprint density at radius 1 is 0.631 bits per heavy atom. The van der Waals surface area contributed by atoms with Crippen LogP contribution in [0.25, 0.3) is 0 Å². The van der Waals surface area contributed by atoms with Crippen LogP contribution in [0, 0.1) is 11.8 Å². The number of carbonyl (C=O) groups is 4. The van der Waals surface area contributed by atoms with E-state index in [2.05, 4.69) is 34.3 Å². The molecule has 4 aromatic carbocycles. The molecule has 0 bridgehead atoms. The van der Waals surface area contributed by atoms with E-state index in [0.29, 0.717) is 80.3 Å². The summed E-state index contributed by atoms with van der Waals surface area (Å²) in [6.07, 6.45) is 4.25. The molecule has 2 fully saturated rings. The molecule has 2 aliphatic heterocycles. The van der Waals surface area contributed by atoms with Crippen molar-refractivity contribution in [2.24, 2.45) is 11.8 Å². The van der Waals surface area contributed by atoms with Gasteiger partial charge in [0, 0.05) is 63.0 Å². The van der Waals surface area contributed by atoms with E-state index in [-0.39, 0.29) is 50.6 Å². The molecule has 4 atom stereocenters. The van der Waals surface area contributed by atoms with Crippen molar-refractivity contribution in [2.45, 2.75) is 78.1 Å². The van der Waals surface area contributed by atoms with E-state index in [0.717, 1.165) is 48.6 Å². The molecule has 1 amide bonds. The summed E-state index contributed by atoms with van der Waals surface area (Å²) in [6, 6.07) is 31.3. The molecule has 0 aliphatic carbocycles. The fourth-order valence-electron chi connectivity index (χ4n) is 8.11. The van der Waals surface area contributed by atoms with E-state index in [1.807, 2.05) is 65.6 Å². The summed E-state index contributed by atoms with van der Waals surface area (Å²) in [6.45, 7) is 3.89. The molecule has 2 aliphatic rings. The Kier molecular flexibility index (Phi) is 26.4. The van der Waals surface area contributed by atoms with Crippen LogP contribution in [0.3, 0.4) is 0 Å². The highest BCUT2D eigenvalue weighted by Gasteiger charge is 2.34. The smallest absolute Gasteiger partial charge is 0.305 e. The van der Waals surface area contributed by atoms with Crippen molar-refractivity contribution in [3.8, 4) is 11.5 Å². The largest absolute Gasteiger partial charge is 0.497 e. The molecule has 0 radical (unpaired) electrons. The molecule has 0 saturated carbocycles. The molecule has 0 aromatic heterocycles. The number of piperidine rings is 2. The zero-order valence-corrected chi connectivity index (χ0v) is 38.4. The molecule has 4 aromatic rings. The molecule has 2 heterocycles. The highest BCUT2D eigenvalue weighted by atomic mass is 35.5. The van der Waals surface area contributed by atoms with Gasteiger partial charge in [-0.25, -0.2) is 0 Å². The van der Waals surface area contributed by atoms with Crippen molar-refractivity contribution in [1.82, 2.24) is 10.2 Å². The first-order chi connectivity index (χ1) is 30.4. The van der Waals surface area contributed by atoms with Gasteiger partial charge in [-0.2, -0.15) is 0 Å². The highest BCUT2D eigenvalue weighted by Crippen LogP contribution is 2.37. The van der Waals surface area contributed by atoms with Crippen LogP contribution in [0.2, 0.25) is 10.0 Å². The van der Waals surface area contributed by atoms with Crippen LogP contribution < -0.4 is 14.8 Å². The maximum absolute atomic E-state index is 12.9. The number of halogens is 2. The van der Waals surface area contributed by atoms with Crippen molar-refractivity contribution in [3.05, 3.63) is 129 Å². The molecule has 356 valence electrons. The molecule has 2 unspecified atom stereocenters. The first-order valence-corrected chi connectivity index (χ1v) is 22.2. The number of nitrogens with one attached hydrogen (secondary N) is 1. The number of amides is 1. The molecular weight excluding hydrogens is 867 g/mol. The normalized spacial score (nSPS) is 17.6. The van der Waals surface area contributed by atoms with E-state index in [1.54, 1.807) is 33.5 Å². The number of hydrogen-bond acceptors (Lipinski definition) is 9. The summed E-state index contributed by atoms with van der Waals surface area (Å²) in [5.74, 6) is 2.47. The second kappa shape index (κ2) is 30.4. The minimum absolute atomic E-state index is 0. The predicted octanol–water partition coefficient (Wildman–Crippen LogP) is 10.1. The lowest BCUT2D eigenvalue weighted by Crippen LogP contribution is -2.44. The third-order valence-corrected chi connectivity index (χ3v) is 11.9. The van der Waals surface area contributed by atoms with Crippen molar-refractivity contribution >= 4 is 46.6 Å². The van der Waals surface area contributed by atoms with Gasteiger partial charge in [0.15, 0.2) is 0 Å². The molecule has 2 N–H and O–H groups in total. The Hall–Kier alpha value is -4.78. The van der Waals surface area contributed by atoms with E-state index in [9.17, 15) is 19.2 Å². The summed E-state index contributed by atoms with van der Waals surface area (Å²) < 4.78 is 20.1. The number of methoxy groups -OCH3 is 4. The number of carbonyl (C=O) groups excluding carboxylic acids is 3. The lowest BCUT2D eigenvalue weighted by molar-refractivity contribution is -0.138. The number of nitrogens with zero attached hydrogens (tertiary/aromatic N) is 1. The maximum Gasteiger partial charge on any atom is 0.305 e. The minimum atomic E-state index is -0.818. The van der Waals surface area contributed by atoms with Crippen molar-refractivity contribution in [1.29, 1.82) is 0 Å². The summed E-state index contributed by atoms with van der Waals surface area (Å²) in [4.78, 5) is 49.6. The number of benzene rings is 4. The number of aliphatic carboxylic acids is 1. The summed E-state index contributed by atoms with van der Waals surface area (Å²) in [5, 5.41) is 12.8. The van der Waals surface area contributed by atoms with Gasteiger partial charge < -0.3 is 34.3 Å². The second-order valence-corrected chi connectivity index (χ2v) is 16.7. The van der Waals surface area contributed by atoms with E-state index >= 15 is 0 Å². The standard InChI is InChI=1S/C25H30ClNO4.C21H24ClNO2.C4H8O3.2CH4/c1-30-14-12-25(29)27-13-11-24(19-5-9-23(31-2)10-6-19)20(17-27)16-22(28)15-18-3-7-21(26)8-4-18;1-25-20-8-4-16(5-9-20)21-10-11-23-14-17(21)13-19(24)12-15-2-6-18(22)7-3-15;1-7-3-2-4(5)6;;/h3-10,20,24H,11-17H2,1-2H3;2-9,17,21,23H,10-14H2,1H3;2-3H2,1H3,(H,5,6);2*1H4/t20-,24?;17-,21?;;;/m11.../s1. The maximum atomic E-state index is 12.9. The van der Waals surface area contributed by atoms with Gasteiger partial charge in [-0.1, -0.05) is 86.6 Å². The van der Waals surface area contributed by atoms with Gasteiger partial charge in [-0.3, -0.25) is 19.2 Å². The Morgan fingerprint density at radius 3 is 1.51 bits per heavy atom. The first kappa shape index (κ1) is 56.3. The van der Waals surface area contributed by atoms with Crippen molar-refractivity contribution in [3.63, 3.8) is 0 Å². The van der Waals surface area contributed by atoms with Crippen LogP contribution >= 0.6 is 23.2 Å². The van der Waals surface area contributed by atoms with Crippen molar-refractivity contribution < 1.29 is 43.2 Å². The van der Waals surface area contributed by atoms with Gasteiger partial charge >= 0.3 is 5.97 Å². The van der Waals surface area contributed by atoms with Crippen LogP contribution in [-0.2, 0) is 41.5 Å². The van der Waals surface area contributed by atoms with Crippen LogP contribution in [0.1, 0.15) is 87.5 Å². The van der Waals surface area contributed by atoms with Crippen LogP contribution in [0.15, 0.2) is 97.1 Å². The summed E-state index contributed by atoms with van der Waals surface area (Å²) in [7, 11) is 6.40. The lowest BCUT2D eigenvalue weighted by atomic mass is 9.77. The Bertz CT molecular complexity index is 2000. The number of ether oxygens (including phenoxy) is 4. The lowest BCUT2D eigenvalue weighted by Gasteiger charge is -2.39. The number of carboxylic acids is 1. The zero-order valence-electron chi connectivity index (χ0n) is 36.9. The van der Waals surface area contributed by atoms with Gasteiger partial charge in [0.25, 0.3) is 0 Å². The molecule has 2 saturated heterocycles. The summed E-state index contributed by atoms with van der Waals surface area (Å²) >= 11 is 11.9. The van der Waals surface area contributed by atoms with Gasteiger partial charge in [-0.05, 0) is 120 Å². The molecular formula is C52H70Cl2N2O9. The molecule has 13 heteroatoms. The Labute approximate surface area is 397 Å². The second-order valence-electron chi connectivity index (χ2n) is 15.9. The minimum Gasteiger partial charge on any atom is -0.497 e. The average Bonchev–Trinajstić information content (AvgIpc) is 3.29. The number of hydrogen-bond donors (Lipinski definition) is 2. The number of ketones is 2. The number of Topliss-reactive ketones (excluding diaryl/α,β-unsaturated/α-hetero) is 2.